The highest BCUT2D eigenvalue weighted by molar-refractivity contribution is 7.92. The Bertz CT molecular complexity index is 1020. The summed E-state index contributed by atoms with van der Waals surface area (Å²) in [5, 5.41) is 0. The summed E-state index contributed by atoms with van der Waals surface area (Å²) in [4.78, 5) is 9.98. The first-order valence-corrected chi connectivity index (χ1v) is 11.1. The molecule has 1 aromatic rings. The van der Waals surface area contributed by atoms with Crippen molar-refractivity contribution in [2.75, 3.05) is 13.4 Å². The molecule has 6 nitrogen and oxygen atoms in total. The number of methoxy groups -OCH3 is 1. The number of rotatable bonds is 6. The molecule has 1 aliphatic heterocycles. The maximum atomic E-state index is 13.1. The van der Waals surface area contributed by atoms with Gasteiger partial charge in [-0.1, -0.05) is 6.08 Å². The quantitative estimate of drug-likeness (QED) is 0.496. The van der Waals surface area contributed by atoms with Gasteiger partial charge in [0.25, 0.3) is 0 Å². The van der Waals surface area contributed by atoms with Gasteiger partial charge in [0.1, 0.15) is 24.5 Å². The standard InChI is InChI=1S/C20H23F3NO5S/c1-14(20(21,22)23)29-19(30(3,26)27)8-4-5-17(10-19)24(13-25)11-15-6-7-18(28-2)9-16(15)12-24/h4-9,13-14H,10-12H2,1-3H3/q+1. The Balaban J connectivity index is 1.98. The van der Waals surface area contributed by atoms with Crippen LogP contribution in [0.5, 0.6) is 5.75 Å². The van der Waals surface area contributed by atoms with Crippen molar-refractivity contribution in [3.05, 3.63) is 53.3 Å². The second kappa shape index (κ2) is 7.51. The van der Waals surface area contributed by atoms with Crippen LogP contribution in [-0.2, 0) is 32.5 Å². The zero-order valence-corrected chi connectivity index (χ0v) is 17.6. The van der Waals surface area contributed by atoms with E-state index in [1.807, 2.05) is 6.07 Å². The highest BCUT2D eigenvalue weighted by atomic mass is 32.2. The van der Waals surface area contributed by atoms with E-state index in [-0.39, 0.29) is 24.0 Å². The Kier molecular flexibility index (Phi) is 5.63. The number of benzene rings is 1. The number of amides is 1. The summed E-state index contributed by atoms with van der Waals surface area (Å²) < 4.78 is 74.5. The van der Waals surface area contributed by atoms with E-state index in [0.29, 0.717) is 17.9 Å². The van der Waals surface area contributed by atoms with E-state index in [2.05, 4.69) is 0 Å². The van der Waals surface area contributed by atoms with Crippen LogP contribution < -0.4 is 4.74 Å². The van der Waals surface area contributed by atoms with Crippen molar-refractivity contribution in [3.63, 3.8) is 0 Å². The largest absolute Gasteiger partial charge is 0.497 e. The van der Waals surface area contributed by atoms with Crippen LogP contribution >= 0.6 is 0 Å². The van der Waals surface area contributed by atoms with Crippen LogP contribution in [0.3, 0.4) is 0 Å². The van der Waals surface area contributed by atoms with Gasteiger partial charge < -0.3 is 9.47 Å². The number of quaternary nitrogens is 1. The molecule has 3 rings (SSSR count). The minimum atomic E-state index is -4.73. The number of hydrogen-bond acceptors (Lipinski definition) is 5. The van der Waals surface area contributed by atoms with Gasteiger partial charge >= 0.3 is 12.6 Å². The van der Waals surface area contributed by atoms with Gasteiger partial charge in [-0.05, 0) is 37.3 Å². The van der Waals surface area contributed by atoms with E-state index in [1.54, 1.807) is 18.2 Å². The predicted molar refractivity (Wildman–Crippen MR) is 103 cm³/mol. The molecule has 1 aliphatic carbocycles. The molecule has 2 aliphatic rings. The smallest absolute Gasteiger partial charge is 0.414 e. The zero-order chi connectivity index (χ0) is 22.4. The maximum absolute atomic E-state index is 13.1. The Labute approximate surface area is 173 Å². The summed E-state index contributed by atoms with van der Waals surface area (Å²) in [6, 6.07) is 5.38. The second-order valence-electron chi connectivity index (χ2n) is 7.67. The SMILES string of the molecule is COc1ccc2c(c1)C[N+](C=O)(C1=CC=CC(OC(C)C(F)(F)F)(S(C)(=O)=O)C1)C2. The monoisotopic (exact) mass is 446 g/mol. The number of nitrogens with zero attached hydrogens (tertiary/aromatic N) is 1. The Hall–Kier alpha value is -2.17. The lowest BCUT2D eigenvalue weighted by Crippen LogP contribution is -2.50. The minimum Gasteiger partial charge on any atom is -0.497 e. The molecule has 0 aromatic heterocycles. The third-order valence-electron chi connectivity index (χ3n) is 5.62. The summed E-state index contributed by atoms with van der Waals surface area (Å²) in [5.41, 5.74) is 2.10. The van der Waals surface area contributed by atoms with Gasteiger partial charge in [0, 0.05) is 17.4 Å². The average Bonchev–Trinajstić information content (AvgIpc) is 3.05. The van der Waals surface area contributed by atoms with Crippen molar-refractivity contribution in [2.45, 2.75) is 43.6 Å². The fourth-order valence-electron chi connectivity index (χ4n) is 3.81. The topological polar surface area (TPSA) is 69.7 Å². The van der Waals surface area contributed by atoms with Crippen molar-refractivity contribution in [2.24, 2.45) is 0 Å². The summed E-state index contributed by atoms with van der Waals surface area (Å²) in [6.45, 7) is 1.27. The first-order chi connectivity index (χ1) is 13.9. The molecule has 0 spiro atoms. The van der Waals surface area contributed by atoms with Crippen LogP contribution in [0.2, 0.25) is 0 Å². The van der Waals surface area contributed by atoms with Gasteiger partial charge in [-0.25, -0.2) is 17.7 Å². The van der Waals surface area contributed by atoms with Crippen LogP contribution in [0.25, 0.3) is 0 Å². The highest BCUT2D eigenvalue weighted by Gasteiger charge is 2.52. The first-order valence-electron chi connectivity index (χ1n) is 9.18. The van der Waals surface area contributed by atoms with Gasteiger partial charge in [-0.3, -0.25) is 0 Å². The van der Waals surface area contributed by atoms with Gasteiger partial charge in [0.05, 0.1) is 13.5 Å². The van der Waals surface area contributed by atoms with Gasteiger partial charge in [0.15, 0.2) is 20.9 Å². The van der Waals surface area contributed by atoms with E-state index in [9.17, 15) is 26.4 Å². The van der Waals surface area contributed by atoms with Crippen molar-refractivity contribution < 1.29 is 40.3 Å². The molecule has 1 heterocycles. The lowest BCUT2D eigenvalue weighted by atomic mass is 10.0. The number of alkyl halides is 3. The molecule has 3 unspecified atom stereocenters. The fourth-order valence-corrected chi connectivity index (χ4v) is 4.87. The second-order valence-corrected chi connectivity index (χ2v) is 9.91. The maximum Gasteiger partial charge on any atom is 0.414 e. The molecule has 164 valence electrons. The Morgan fingerprint density at radius 1 is 1.23 bits per heavy atom. The molecule has 0 saturated heterocycles. The predicted octanol–water partition coefficient (Wildman–Crippen LogP) is 3.23. The molecule has 3 atom stereocenters. The zero-order valence-electron chi connectivity index (χ0n) is 16.8. The molecular formula is C20H23F3NO5S+. The summed E-state index contributed by atoms with van der Waals surface area (Å²) in [7, 11) is -2.59. The summed E-state index contributed by atoms with van der Waals surface area (Å²) >= 11 is 0. The number of sulfone groups is 1. The number of halogens is 3. The molecule has 0 bridgehead atoms. The van der Waals surface area contributed by atoms with Crippen LogP contribution in [0.4, 0.5) is 13.2 Å². The van der Waals surface area contributed by atoms with E-state index in [1.165, 1.54) is 13.2 Å². The lowest BCUT2D eigenvalue weighted by Gasteiger charge is -2.38. The van der Waals surface area contributed by atoms with Crippen molar-refractivity contribution >= 4 is 16.2 Å². The normalized spacial score (nSPS) is 27.3. The van der Waals surface area contributed by atoms with Gasteiger partial charge in [-0.15, -0.1) is 0 Å². The fraction of sp³-hybridized carbons (Fsp3) is 0.450. The van der Waals surface area contributed by atoms with E-state index < -0.39 is 27.1 Å². The number of allylic oxidation sites excluding steroid dienone is 2. The summed E-state index contributed by atoms with van der Waals surface area (Å²) in [6.07, 6.45) is -1.87. The molecule has 1 amide bonds. The Morgan fingerprint density at radius 3 is 2.47 bits per heavy atom. The number of carbonyl (C=O) groups excluding carboxylic acids is 1. The number of hydrogen-bond donors (Lipinski definition) is 0. The van der Waals surface area contributed by atoms with Crippen molar-refractivity contribution in [1.82, 2.24) is 0 Å². The lowest BCUT2D eigenvalue weighted by molar-refractivity contribution is -0.829. The number of carbonyl (C=O) groups is 1. The van der Waals surface area contributed by atoms with Gasteiger partial charge in [-0.2, -0.15) is 13.2 Å². The molecule has 0 fully saturated rings. The third-order valence-corrected chi connectivity index (χ3v) is 7.26. The minimum absolute atomic E-state index is 0.240. The summed E-state index contributed by atoms with van der Waals surface area (Å²) in [5.74, 6) is 0.616. The van der Waals surface area contributed by atoms with E-state index >= 15 is 0 Å². The average molecular weight is 446 g/mol. The van der Waals surface area contributed by atoms with Gasteiger partial charge in [0.2, 0.25) is 0 Å². The van der Waals surface area contributed by atoms with Crippen LogP contribution in [0.15, 0.2) is 42.1 Å². The van der Waals surface area contributed by atoms with E-state index in [0.717, 1.165) is 30.4 Å². The van der Waals surface area contributed by atoms with Crippen LogP contribution in [0.1, 0.15) is 24.5 Å². The number of fused-ring (bicyclic) bond motifs is 1. The van der Waals surface area contributed by atoms with Crippen molar-refractivity contribution in [1.29, 1.82) is 0 Å². The van der Waals surface area contributed by atoms with Crippen LogP contribution in [0, 0.1) is 0 Å². The van der Waals surface area contributed by atoms with E-state index in [4.69, 9.17) is 9.47 Å². The molecule has 30 heavy (non-hydrogen) atoms. The highest BCUT2D eigenvalue weighted by Crippen LogP contribution is 2.43. The van der Waals surface area contributed by atoms with Crippen molar-refractivity contribution in [3.8, 4) is 5.75 Å². The molecular weight excluding hydrogens is 423 g/mol. The molecule has 0 saturated carbocycles. The van der Waals surface area contributed by atoms with Crippen LogP contribution in [-0.4, -0.2) is 49.9 Å². The molecule has 1 aromatic carbocycles. The number of ether oxygens (including phenoxy) is 2. The third kappa shape index (κ3) is 3.91. The first kappa shape index (κ1) is 22.5. The molecule has 10 heteroatoms. The Morgan fingerprint density at radius 2 is 1.90 bits per heavy atom. The molecule has 0 radical (unpaired) electrons. The molecule has 0 N–H and O–H groups in total.